The van der Waals surface area contributed by atoms with Crippen molar-refractivity contribution in [1.29, 1.82) is 0 Å². The normalized spacial score (nSPS) is 12.6. The standard InChI is InChI=1S/C26H30N5O3P/c1-4-35(33,34-25-9-6-5-7-10-25)28-20-8-19-27-26(32)21-11-13-22(14-12-21)29-30-23-15-17-24(18-16-23)31(2)3/h4-7,9-18H,1,8,19-20H2,2-3H3,(H,27,32)(H,28,33). The van der Waals surface area contributed by atoms with Gasteiger partial charge in [-0.1, -0.05) is 24.8 Å². The zero-order chi connectivity index (χ0) is 25.1. The Morgan fingerprint density at radius 2 is 1.54 bits per heavy atom. The van der Waals surface area contributed by atoms with Crippen molar-refractivity contribution in [3.05, 3.63) is 96.8 Å². The molecule has 0 saturated heterocycles. The maximum absolute atomic E-state index is 12.7. The van der Waals surface area contributed by atoms with Gasteiger partial charge in [0.15, 0.2) is 0 Å². The number of hydrogen-bond donors (Lipinski definition) is 2. The summed E-state index contributed by atoms with van der Waals surface area (Å²) >= 11 is 0. The highest BCUT2D eigenvalue weighted by atomic mass is 31.2. The van der Waals surface area contributed by atoms with Gasteiger partial charge in [-0.05, 0) is 67.1 Å². The molecule has 1 atom stereocenters. The number of amides is 1. The van der Waals surface area contributed by atoms with E-state index in [1.54, 1.807) is 48.5 Å². The fourth-order valence-electron chi connectivity index (χ4n) is 3.01. The lowest BCUT2D eigenvalue weighted by molar-refractivity contribution is 0.0953. The van der Waals surface area contributed by atoms with Crippen molar-refractivity contribution in [3.63, 3.8) is 0 Å². The first kappa shape index (κ1) is 25.9. The van der Waals surface area contributed by atoms with Gasteiger partial charge in [0.25, 0.3) is 5.91 Å². The second-order valence-electron chi connectivity index (χ2n) is 7.86. The quantitative estimate of drug-likeness (QED) is 0.176. The van der Waals surface area contributed by atoms with Crippen LogP contribution in [-0.2, 0) is 4.57 Å². The molecule has 9 heteroatoms. The van der Waals surface area contributed by atoms with E-state index in [2.05, 4.69) is 27.2 Å². The molecule has 0 aromatic heterocycles. The van der Waals surface area contributed by atoms with Crippen LogP contribution in [0.5, 0.6) is 5.75 Å². The Labute approximate surface area is 206 Å². The Kier molecular flexibility index (Phi) is 9.35. The summed E-state index contributed by atoms with van der Waals surface area (Å²) in [6, 6.07) is 23.6. The van der Waals surface area contributed by atoms with E-state index in [1.165, 1.54) is 5.82 Å². The molecule has 0 spiro atoms. The molecule has 8 nitrogen and oxygen atoms in total. The van der Waals surface area contributed by atoms with Crippen LogP contribution in [0.4, 0.5) is 17.1 Å². The third-order valence-electron chi connectivity index (χ3n) is 4.97. The number of azo groups is 1. The zero-order valence-corrected chi connectivity index (χ0v) is 20.8. The number of para-hydroxylation sites is 1. The van der Waals surface area contributed by atoms with Gasteiger partial charge in [0, 0.05) is 44.3 Å². The maximum atomic E-state index is 12.7. The number of nitrogens with one attached hydrogen (secondary N) is 2. The van der Waals surface area contributed by atoms with Crippen LogP contribution in [0.1, 0.15) is 16.8 Å². The second kappa shape index (κ2) is 12.6. The summed E-state index contributed by atoms with van der Waals surface area (Å²) in [4.78, 5) is 14.4. The summed E-state index contributed by atoms with van der Waals surface area (Å²) in [6.45, 7) is 4.42. The minimum atomic E-state index is -3.21. The van der Waals surface area contributed by atoms with Crippen LogP contribution >= 0.6 is 7.52 Å². The van der Waals surface area contributed by atoms with Crippen molar-refractivity contribution in [1.82, 2.24) is 10.4 Å². The van der Waals surface area contributed by atoms with Gasteiger partial charge in [-0.2, -0.15) is 10.2 Å². The molecule has 0 aliphatic heterocycles. The molecule has 1 unspecified atom stereocenters. The van der Waals surface area contributed by atoms with Crippen molar-refractivity contribution in [3.8, 4) is 5.75 Å². The molecule has 0 radical (unpaired) electrons. The molecule has 3 aromatic rings. The molecule has 1 amide bonds. The van der Waals surface area contributed by atoms with Crippen molar-refractivity contribution in [2.75, 3.05) is 32.1 Å². The van der Waals surface area contributed by atoms with E-state index in [-0.39, 0.29) is 5.91 Å². The SMILES string of the molecule is C=CP(=O)(NCCCNC(=O)c1ccc(N=Nc2ccc(N(C)C)cc2)cc1)Oc1ccccc1. The largest absolute Gasteiger partial charge is 0.430 e. The molecule has 0 aliphatic carbocycles. The predicted octanol–water partition coefficient (Wildman–Crippen LogP) is 6.29. The van der Waals surface area contributed by atoms with Crippen LogP contribution in [0.25, 0.3) is 0 Å². The Morgan fingerprint density at radius 1 is 0.943 bits per heavy atom. The number of rotatable bonds is 12. The number of carbonyl (C=O) groups is 1. The number of anilines is 1. The second-order valence-corrected chi connectivity index (χ2v) is 9.92. The highest BCUT2D eigenvalue weighted by Gasteiger charge is 2.19. The molecular formula is C26H30N5O3P. The van der Waals surface area contributed by atoms with E-state index < -0.39 is 7.52 Å². The Hall–Kier alpha value is -3.74. The Bertz CT molecular complexity index is 1180. The van der Waals surface area contributed by atoms with E-state index in [0.29, 0.717) is 36.5 Å². The van der Waals surface area contributed by atoms with E-state index in [4.69, 9.17) is 4.52 Å². The average Bonchev–Trinajstić information content (AvgIpc) is 2.88. The van der Waals surface area contributed by atoms with Crippen LogP contribution in [-0.4, -0.2) is 33.1 Å². The monoisotopic (exact) mass is 491 g/mol. The van der Waals surface area contributed by atoms with Gasteiger partial charge in [0.1, 0.15) is 5.75 Å². The van der Waals surface area contributed by atoms with Crippen LogP contribution < -0.4 is 19.8 Å². The molecule has 0 bridgehead atoms. The minimum absolute atomic E-state index is 0.194. The van der Waals surface area contributed by atoms with Crippen LogP contribution in [0.2, 0.25) is 0 Å². The Balaban J connectivity index is 1.42. The van der Waals surface area contributed by atoms with E-state index in [1.807, 2.05) is 49.3 Å². The molecule has 3 rings (SSSR count). The van der Waals surface area contributed by atoms with Crippen molar-refractivity contribution >= 4 is 30.5 Å². The van der Waals surface area contributed by atoms with Gasteiger partial charge in [-0.25, -0.2) is 5.09 Å². The van der Waals surface area contributed by atoms with Crippen LogP contribution in [0.15, 0.2) is 101 Å². The smallest absolute Gasteiger partial charge is 0.339 e. The van der Waals surface area contributed by atoms with Gasteiger partial charge < -0.3 is 14.7 Å². The lowest BCUT2D eigenvalue weighted by atomic mass is 10.2. The lowest BCUT2D eigenvalue weighted by Gasteiger charge is -2.17. The molecular weight excluding hydrogens is 461 g/mol. The summed E-state index contributed by atoms with van der Waals surface area (Å²) in [7, 11) is 0.755. The predicted molar refractivity (Wildman–Crippen MR) is 141 cm³/mol. The molecule has 0 saturated carbocycles. The zero-order valence-electron chi connectivity index (χ0n) is 19.9. The molecule has 2 N–H and O–H groups in total. The van der Waals surface area contributed by atoms with Gasteiger partial charge in [-0.3, -0.25) is 9.36 Å². The third-order valence-corrected chi connectivity index (χ3v) is 6.60. The molecule has 3 aromatic carbocycles. The van der Waals surface area contributed by atoms with Crippen molar-refractivity contribution in [2.24, 2.45) is 10.2 Å². The van der Waals surface area contributed by atoms with Crippen molar-refractivity contribution < 1.29 is 13.9 Å². The highest BCUT2D eigenvalue weighted by Crippen LogP contribution is 2.43. The van der Waals surface area contributed by atoms with Crippen LogP contribution in [0.3, 0.4) is 0 Å². The fraction of sp³-hybridized carbons (Fsp3) is 0.192. The van der Waals surface area contributed by atoms with E-state index in [0.717, 1.165) is 11.4 Å². The van der Waals surface area contributed by atoms with Gasteiger partial charge in [0.05, 0.1) is 11.4 Å². The first-order valence-electron chi connectivity index (χ1n) is 11.2. The minimum Gasteiger partial charge on any atom is -0.430 e. The summed E-state index contributed by atoms with van der Waals surface area (Å²) in [5.41, 5.74) is 3.02. The summed E-state index contributed by atoms with van der Waals surface area (Å²) in [6.07, 6.45) is 0.570. The number of nitrogens with zero attached hydrogens (tertiary/aromatic N) is 3. The number of hydrogen-bond acceptors (Lipinski definition) is 6. The molecule has 0 heterocycles. The van der Waals surface area contributed by atoms with Gasteiger partial charge in [0.2, 0.25) is 0 Å². The average molecular weight is 492 g/mol. The summed E-state index contributed by atoms with van der Waals surface area (Å²) in [5, 5.41) is 14.2. The molecule has 182 valence electrons. The first-order chi connectivity index (χ1) is 16.9. The van der Waals surface area contributed by atoms with Crippen LogP contribution in [0, 0.1) is 0 Å². The topological polar surface area (TPSA) is 95.4 Å². The van der Waals surface area contributed by atoms with Crippen molar-refractivity contribution in [2.45, 2.75) is 6.42 Å². The molecule has 0 fully saturated rings. The molecule has 0 aliphatic rings. The fourth-order valence-corrected chi connectivity index (χ4v) is 4.18. The summed E-state index contributed by atoms with van der Waals surface area (Å²) in [5.74, 6) is 1.60. The van der Waals surface area contributed by atoms with E-state index in [9.17, 15) is 9.36 Å². The Morgan fingerprint density at radius 3 is 2.11 bits per heavy atom. The third kappa shape index (κ3) is 8.21. The van der Waals surface area contributed by atoms with Gasteiger partial charge >= 0.3 is 7.52 Å². The highest BCUT2D eigenvalue weighted by molar-refractivity contribution is 7.60. The molecule has 35 heavy (non-hydrogen) atoms. The first-order valence-corrected chi connectivity index (χ1v) is 12.9. The van der Waals surface area contributed by atoms with Gasteiger partial charge in [-0.15, -0.1) is 0 Å². The lowest BCUT2D eigenvalue weighted by Crippen LogP contribution is -2.27. The maximum Gasteiger partial charge on any atom is 0.339 e. The summed E-state index contributed by atoms with van der Waals surface area (Å²) < 4.78 is 18.3. The number of carbonyl (C=O) groups excluding carboxylic acids is 1. The number of benzene rings is 3. The van der Waals surface area contributed by atoms with E-state index >= 15 is 0 Å².